The van der Waals surface area contributed by atoms with Gasteiger partial charge in [-0.15, -0.1) is 0 Å². The van der Waals surface area contributed by atoms with E-state index in [1.54, 1.807) is 11.5 Å². The molecule has 0 bridgehead atoms. The predicted octanol–water partition coefficient (Wildman–Crippen LogP) is 4.07. The molecule has 2 heteroatoms. The fourth-order valence-electron chi connectivity index (χ4n) is 1.82. The predicted molar refractivity (Wildman–Crippen MR) is 68.6 cm³/mol. The van der Waals surface area contributed by atoms with Crippen molar-refractivity contribution in [1.29, 1.82) is 0 Å². The highest BCUT2D eigenvalue weighted by Gasteiger charge is 2.03. The van der Waals surface area contributed by atoms with Gasteiger partial charge in [0.25, 0.3) is 0 Å². The number of nitrogens with zero attached hydrogens (tertiary/aromatic N) is 1. The molecule has 0 spiro atoms. The minimum Gasteiger partial charge on any atom is -0.197 e. The number of benzene rings is 2. The van der Waals surface area contributed by atoms with Crippen LogP contribution < -0.4 is 0 Å². The Morgan fingerprint density at radius 1 is 1.06 bits per heavy atom. The molecule has 0 saturated carbocycles. The van der Waals surface area contributed by atoms with Crippen LogP contribution in [0.15, 0.2) is 42.5 Å². The molecule has 1 heterocycles. The maximum absolute atomic E-state index is 4.37. The van der Waals surface area contributed by atoms with E-state index < -0.39 is 0 Å². The first-order chi connectivity index (χ1) is 7.84. The lowest BCUT2D eigenvalue weighted by Crippen LogP contribution is -1.77. The minimum absolute atomic E-state index is 1.12. The van der Waals surface area contributed by atoms with Crippen LogP contribution in [0.2, 0.25) is 0 Å². The van der Waals surface area contributed by atoms with E-state index in [-0.39, 0.29) is 0 Å². The Balaban J connectivity index is 2.22. The van der Waals surface area contributed by atoms with Gasteiger partial charge in [0.05, 0.1) is 10.4 Å². The maximum atomic E-state index is 4.37. The highest BCUT2D eigenvalue weighted by atomic mass is 32.1. The largest absolute Gasteiger partial charge is 0.197 e. The lowest BCUT2D eigenvalue weighted by Gasteiger charge is -2.01. The van der Waals surface area contributed by atoms with Crippen molar-refractivity contribution < 1.29 is 0 Å². The van der Waals surface area contributed by atoms with Gasteiger partial charge in [0.2, 0.25) is 0 Å². The normalized spacial score (nSPS) is 10.8. The first kappa shape index (κ1) is 9.55. The number of aryl methyl sites for hydroxylation is 1. The molecular formula is C14H10NS. The molecule has 77 valence electrons. The van der Waals surface area contributed by atoms with Crippen LogP contribution in [-0.2, 0) is 0 Å². The van der Waals surface area contributed by atoms with Gasteiger partial charge in [-0.25, -0.2) is 0 Å². The van der Waals surface area contributed by atoms with Crippen LogP contribution in [0.25, 0.3) is 21.2 Å². The molecule has 1 aromatic heterocycles. The number of hydrogen-bond acceptors (Lipinski definition) is 2. The molecule has 0 fully saturated rings. The lowest BCUT2D eigenvalue weighted by molar-refractivity contribution is 1.37. The Kier molecular flexibility index (Phi) is 2.22. The third-order valence-corrected chi connectivity index (χ3v) is 3.62. The van der Waals surface area contributed by atoms with Crippen molar-refractivity contribution >= 4 is 21.6 Å². The average Bonchev–Trinajstić information content (AvgIpc) is 2.72. The third kappa shape index (κ3) is 1.51. The van der Waals surface area contributed by atoms with Gasteiger partial charge < -0.3 is 0 Å². The quantitative estimate of drug-likeness (QED) is 0.607. The van der Waals surface area contributed by atoms with Crippen LogP contribution in [0.3, 0.4) is 0 Å². The molecule has 0 aliphatic rings. The fraction of sp³-hybridized carbons (Fsp3) is 0.0714. The van der Waals surface area contributed by atoms with Crippen LogP contribution in [-0.4, -0.2) is 4.37 Å². The highest BCUT2D eigenvalue weighted by Crippen LogP contribution is 2.28. The monoisotopic (exact) mass is 224 g/mol. The van der Waals surface area contributed by atoms with Crippen LogP contribution in [0.1, 0.15) is 5.69 Å². The topological polar surface area (TPSA) is 12.9 Å². The SMILES string of the molecule is Cc1nsc2ccc(-c3cc[c]cc3)cc12. The number of aromatic nitrogens is 1. The van der Waals surface area contributed by atoms with Gasteiger partial charge in [0.1, 0.15) is 0 Å². The van der Waals surface area contributed by atoms with E-state index in [2.05, 4.69) is 47.7 Å². The van der Waals surface area contributed by atoms with E-state index in [9.17, 15) is 0 Å². The summed E-state index contributed by atoms with van der Waals surface area (Å²) in [6.45, 7) is 2.06. The summed E-state index contributed by atoms with van der Waals surface area (Å²) in [5.74, 6) is 0. The molecule has 0 saturated heterocycles. The van der Waals surface area contributed by atoms with Gasteiger partial charge in [-0.1, -0.05) is 30.3 Å². The molecule has 0 amide bonds. The summed E-state index contributed by atoms with van der Waals surface area (Å²) < 4.78 is 5.62. The molecule has 0 aliphatic carbocycles. The summed E-state index contributed by atoms with van der Waals surface area (Å²) in [5, 5.41) is 1.26. The summed E-state index contributed by atoms with van der Waals surface area (Å²) in [6, 6.07) is 17.6. The van der Waals surface area contributed by atoms with Crippen LogP contribution >= 0.6 is 11.5 Å². The van der Waals surface area contributed by atoms with Crippen molar-refractivity contribution in [2.24, 2.45) is 0 Å². The van der Waals surface area contributed by atoms with E-state index in [1.807, 2.05) is 12.1 Å². The van der Waals surface area contributed by atoms with Crippen molar-refractivity contribution in [3.8, 4) is 11.1 Å². The lowest BCUT2D eigenvalue weighted by atomic mass is 10.0. The van der Waals surface area contributed by atoms with Gasteiger partial charge in [-0.2, -0.15) is 4.37 Å². The van der Waals surface area contributed by atoms with Gasteiger partial charge in [-0.3, -0.25) is 0 Å². The molecule has 1 nitrogen and oxygen atoms in total. The molecule has 16 heavy (non-hydrogen) atoms. The summed E-state index contributed by atoms with van der Waals surface area (Å²) in [4.78, 5) is 0. The second-order valence-corrected chi connectivity index (χ2v) is 4.57. The van der Waals surface area contributed by atoms with Crippen LogP contribution in [0.5, 0.6) is 0 Å². The Morgan fingerprint density at radius 3 is 2.69 bits per heavy atom. The van der Waals surface area contributed by atoms with Crippen molar-refractivity contribution in [2.45, 2.75) is 6.92 Å². The van der Waals surface area contributed by atoms with Crippen LogP contribution in [0.4, 0.5) is 0 Å². The first-order valence-electron chi connectivity index (χ1n) is 5.17. The Morgan fingerprint density at radius 2 is 1.88 bits per heavy atom. The zero-order valence-electron chi connectivity index (χ0n) is 8.90. The summed E-state index contributed by atoms with van der Waals surface area (Å²) in [7, 11) is 0. The molecule has 3 aromatic rings. The van der Waals surface area contributed by atoms with Crippen molar-refractivity contribution in [3.05, 3.63) is 54.2 Å². The van der Waals surface area contributed by atoms with Gasteiger partial charge in [-0.05, 0) is 47.8 Å². The highest BCUT2D eigenvalue weighted by molar-refractivity contribution is 7.13. The molecule has 3 rings (SSSR count). The Hall–Kier alpha value is -1.67. The number of fused-ring (bicyclic) bond motifs is 1. The summed E-state index contributed by atoms with van der Waals surface area (Å²) in [5.41, 5.74) is 3.58. The number of rotatable bonds is 1. The van der Waals surface area contributed by atoms with Crippen LogP contribution in [0, 0.1) is 13.0 Å². The van der Waals surface area contributed by atoms with E-state index in [0.717, 1.165) is 5.69 Å². The standard InChI is InChI=1S/C14H10NS/c1-10-13-9-12(7-8-14(13)16-15-10)11-5-3-2-4-6-11/h3-9H,1H3. The van der Waals surface area contributed by atoms with Crippen molar-refractivity contribution in [3.63, 3.8) is 0 Å². The summed E-state index contributed by atoms with van der Waals surface area (Å²) in [6.07, 6.45) is 0. The number of hydrogen-bond donors (Lipinski definition) is 0. The smallest absolute Gasteiger partial charge is 0.0590 e. The molecule has 0 atom stereocenters. The minimum atomic E-state index is 1.12. The fourth-order valence-corrected chi connectivity index (χ4v) is 2.59. The zero-order valence-corrected chi connectivity index (χ0v) is 9.71. The van der Waals surface area contributed by atoms with E-state index in [0.29, 0.717) is 0 Å². The molecule has 0 aliphatic heterocycles. The first-order valence-corrected chi connectivity index (χ1v) is 5.94. The van der Waals surface area contributed by atoms with E-state index >= 15 is 0 Å². The maximum Gasteiger partial charge on any atom is 0.0590 e. The van der Waals surface area contributed by atoms with Crippen molar-refractivity contribution in [2.75, 3.05) is 0 Å². The molecule has 1 radical (unpaired) electrons. The van der Waals surface area contributed by atoms with E-state index in [1.165, 1.54) is 21.2 Å². The molecular weight excluding hydrogens is 214 g/mol. The summed E-state index contributed by atoms with van der Waals surface area (Å²) >= 11 is 1.56. The van der Waals surface area contributed by atoms with Gasteiger partial charge in [0, 0.05) is 5.39 Å². The molecule has 0 unspecified atom stereocenters. The van der Waals surface area contributed by atoms with E-state index in [4.69, 9.17) is 0 Å². The van der Waals surface area contributed by atoms with Gasteiger partial charge in [0.15, 0.2) is 0 Å². The Labute approximate surface area is 98.5 Å². The van der Waals surface area contributed by atoms with Crippen molar-refractivity contribution in [1.82, 2.24) is 4.37 Å². The third-order valence-electron chi connectivity index (χ3n) is 2.70. The molecule has 0 N–H and O–H groups in total. The average molecular weight is 224 g/mol. The second-order valence-electron chi connectivity index (χ2n) is 3.77. The zero-order chi connectivity index (χ0) is 11.0. The second kappa shape index (κ2) is 3.72. The Bertz CT molecular complexity index is 626. The molecule has 2 aromatic carbocycles. The van der Waals surface area contributed by atoms with Gasteiger partial charge >= 0.3 is 0 Å².